The smallest absolute Gasteiger partial charge is 0.128 e. The first-order valence-corrected chi connectivity index (χ1v) is 6.18. The van der Waals surface area contributed by atoms with Crippen molar-refractivity contribution in [2.75, 3.05) is 6.61 Å². The predicted octanol–water partition coefficient (Wildman–Crippen LogP) is 4.23. The molecule has 2 nitrogen and oxygen atoms in total. The third kappa shape index (κ3) is 1.86. The van der Waals surface area contributed by atoms with Crippen molar-refractivity contribution < 1.29 is 4.74 Å². The van der Waals surface area contributed by atoms with Gasteiger partial charge in [0.25, 0.3) is 0 Å². The lowest BCUT2D eigenvalue weighted by Crippen LogP contribution is -1.90. The van der Waals surface area contributed by atoms with Gasteiger partial charge in [-0.15, -0.1) is 0 Å². The molecule has 0 amide bonds. The Labute approximate surface area is 106 Å². The van der Waals surface area contributed by atoms with E-state index in [-0.39, 0.29) is 0 Å². The van der Waals surface area contributed by atoms with Gasteiger partial charge in [-0.25, -0.2) is 0 Å². The van der Waals surface area contributed by atoms with E-state index in [1.54, 1.807) is 0 Å². The molecule has 2 aromatic carbocycles. The van der Waals surface area contributed by atoms with Gasteiger partial charge in [-0.3, -0.25) is 0 Å². The van der Waals surface area contributed by atoms with Crippen LogP contribution in [0, 0.1) is 0 Å². The molecule has 1 heterocycles. The molecule has 1 N–H and O–H groups in total. The van der Waals surface area contributed by atoms with E-state index in [2.05, 4.69) is 29.2 Å². The number of H-pyrrole nitrogens is 1. The normalized spacial score (nSPS) is 10.7. The first kappa shape index (κ1) is 10.9. The number of hydrogen-bond acceptors (Lipinski definition) is 1. The predicted molar refractivity (Wildman–Crippen MR) is 74.9 cm³/mol. The minimum absolute atomic E-state index is 0.685. The molecule has 0 fully saturated rings. The number of aromatic amines is 1. The van der Waals surface area contributed by atoms with Crippen LogP contribution in [0.2, 0.25) is 0 Å². The van der Waals surface area contributed by atoms with E-state index < -0.39 is 0 Å². The molecule has 0 saturated carbocycles. The van der Waals surface area contributed by atoms with Crippen molar-refractivity contribution in [2.24, 2.45) is 0 Å². The Bertz CT molecular complexity index is 655. The van der Waals surface area contributed by atoms with Gasteiger partial charge >= 0.3 is 0 Å². The lowest BCUT2D eigenvalue weighted by atomic mass is 10.1. The van der Waals surface area contributed by atoms with Gasteiger partial charge in [0.15, 0.2) is 0 Å². The zero-order valence-electron chi connectivity index (χ0n) is 10.3. The summed E-state index contributed by atoms with van der Waals surface area (Å²) in [6.07, 6.45) is 0. The molecule has 0 saturated heterocycles. The Morgan fingerprint density at radius 2 is 1.83 bits per heavy atom. The average molecular weight is 237 g/mol. The van der Waals surface area contributed by atoms with E-state index in [1.807, 2.05) is 37.3 Å². The number of nitrogens with one attached hydrogen (secondary N) is 1. The number of benzene rings is 2. The van der Waals surface area contributed by atoms with Crippen LogP contribution in [0.4, 0.5) is 0 Å². The van der Waals surface area contributed by atoms with Crippen LogP contribution in [-0.4, -0.2) is 11.6 Å². The third-order valence-electron chi connectivity index (χ3n) is 3.01. The quantitative estimate of drug-likeness (QED) is 0.724. The fourth-order valence-corrected chi connectivity index (χ4v) is 2.18. The van der Waals surface area contributed by atoms with E-state index in [1.165, 1.54) is 5.56 Å². The molecule has 0 unspecified atom stereocenters. The SMILES string of the molecule is CCOc1cccc2[nH]c(-c3ccccc3)cc12. The summed E-state index contributed by atoms with van der Waals surface area (Å²) in [6, 6.07) is 18.6. The maximum absolute atomic E-state index is 5.65. The zero-order chi connectivity index (χ0) is 12.4. The van der Waals surface area contributed by atoms with Gasteiger partial charge in [-0.2, -0.15) is 0 Å². The Balaban J connectivity index is 2.14. The molecule has 3 rings (SSSR count). The highest BCUT2D eigenvalue weighted by Crippen LogP contribution is 2.30. The standard InChI is InChI=1S/C16H15NO/c1-2-18-16-10-6-9-14-13(16)11-15(17-14)12-7-4-3-5-8-12/h3-11,17H,2H2,1H3. The second-order valence-electron chi connectivity index (χ2n) is 4.20. The highest BCUT2D eigenvalue weighted by Gasteiger charge is 2.06. The summed E-state index contributed by atoms with van der Waals surface area (Å²) in [5.41, 5.74) is 3.42. The van der Waals surface area contributed by atoms with E-state index in [4.69, 9.17) is 4.74 Å². The molecule has 18 heavy (non-hydrogen) atoms. The minimum atomic E-state index is 0.685. The maximum Gasteiger partial charge on any atom is 0.128 e. The first-order chi connectivity index (χ1) is 8.88. The minimum Gasteiger partial charge on any atom is -0.493 e. The van der Waals surface area contributed by atoms with E-state index >= 15 is 0 Å². The van der Waals surface area contributed by atoms with Crippen LogP contribution < -0.4 is 4.74 Å². The monoisotopic (exact) mass is 237 g/mol. The van der Waals surface area contributed by atoms with Crippen LogP contribution in [0.5, 0.6) is 5.75 Å². The van der Waals surface area contributed by atoms with Gasteiger partial charge in [0.2, 0.25) is 0 Å². The molecular weight excluding hydrogens is 222 g/mol. The molecule has 0 spiro atoms. The Morgan fingerprint density at radius 1 is 1.00 bits per heavy atom. The van der Waals surface area contributed by atoms with Crippen LogP contribution in [0.1, 0.15) is 6.92 Å². The highest BCUT2D eigenvalue weighted by atomic mass is 16.5. The van der Waals surface area contributed by atoms with Crippen LogP contribution in [0.3, 0.4) is 0 Å². The van der Waals surface area contributed by atoms with Crippen molar-refractivity contribution in [3.63, 3.8) is 0 Å². The average Bonchev–Trinajstić information content (AvgIpc) is 2.85. The molecule has 0 aliphatic rings. The Kier molecular flexibility index (Phi) is 2.77. The molecule has 1 aromatic heterocycles. The lowest BCUT2D eigenvalue weighted by Gasteiger charge is -2.02. The zero-order valence-corrected chi connectivity index (χ0v) is 10.3. The molecule has 0 atom stereocenters. The van der Waals surface area contributed by atoms with Crippen molar-refractivity contribution in [1.29, 1.82) is 0 Å². The molecular formula is C16H15NO. The summed E-state index contributed by atoms with van der Waals surface area (Å²) in [4.78, 5) is 3.43. The summed E-state index contributed by atoms with van der Waals surface area (Å²) in [7, 11) is 0. The number of ether oxygens (including phenoxy) is 1. The summed E-state index contributed by atoms with van der Waals surface area (Å²) in [5, 5.41) is 1.14. The molecule has 0 aliphatic heterocycles. The topological polar surface area (TPSA) is 25.0 Å². The molecule has 2 heteroatoms. The van der Waals surface area contributed by atoms with Gasteiger partial charge in [0.05, 0.1) is 6.61 Å². The molecule has 0 aliphatic carbocycles. The summed E-state index contributed by atoms with van der Waals surface area (Å²) in [6.45, 7) is 2.69. The lowest BCUT2D eigenvalue weighted by molar-refractivity contribution is 0.344. The Morgan fingerprint density at radius 3 is 2.61 bits per heavy atom. The van der Waals surface area contributed by atoms with E-state index in [0.717, 1.165) is 22.3 Å². The van der Waals surface area contributed by atoms with Gasteiger partial charge in [-0.1, -0.05) is 36.4 Å². The van der Waals surface area contributed by atoms with Crippen molar-refractivity contribution in [3.05, 3.63) is 54.6 Å². The number of fused-ring (bicyclic) bond motifs is 1. The van der Waals surface area contributed by atoms with Gasteiger partial charge in [0, 0.05) is 16.6 Å². The fourth-order valence-electron chi connectivity index (χ4n) is 2.18. The van der Waals surface area contributed by atoms with Crippen molar-refractivity contribution in [2.45, 2.75) is 6.92 Å². The van der Waals surface area contributed by atoms with Crippen LogP contribution in [0.15, 0.2) is 54.6 Å². The largest absolute Gasteiger partial charge is 0.493 e. The maximum atomic E-state index is 5.65. The number of rotatable bonds is 3. The molecule has 0 radical (unpaired) electrons. The fraction of sp³-hybridized carbons (Fsp3) is 0.125. The molecule has 3 aromatic rings. The summed E-state index contributed by atoms with van der Waals surface area (Å²) < 4.78 is 5.65. The van der Waals surface area contributed by atoms with Crippen molar-refractivity contribution >= 4 is 10.9 Å². The van der Waals surface area contributed by atoms with Crippen LogP contribution in [0.25, 0.3) is 22.2 Å². The molecule has 90 valence electrons. The summed E-state index contributed by atoms with van der Waals surface area (Å²) >= 11 is 0. The second-order valence-corrected chi connectivity index (χ2v) is 4.20. The Hall–Kier alpha value is -2.22. The van der Waals surface area contributed by atoms with Crippen LogP contribution >= 0.6 is 0 Å². The van der Waals surface area contributed by atoms with E-state index in [9.17, 15) is 0 Å². The second kappa shape index (κ2) is 4.57. The highest BCUT2D eigenvalue weighted by molar-refractivity contribution is 5.90. The van der Waals surface area contributed by atoms with Gasteiger partial charge in [0.1, 0.15) is 5.75 Å². The van der Waals surface area contributed by atoms with Crippen molar-refractivity contribution in [1.82, 2.24) is 4.98 Å². The number of hydrogen-bond donors (Lipinski definition) is 1. The van der Waals surface area contributed by atoms with E-state index in [0.29, 0.717) is 6.61 Å². The van der Waals surface area contributed by atoms with Crippen LogP contribution in [-0.2, 0) is 0 Å². The summed E-state index contributed by atoms with van der Waals surface area (Å²) in [5.74, 6) is 0.938. The third-order valence-corrected chi connectivity index (χ3v) is 3.01. The van der Waals surface area contributed by atoms with Crippen molar-refractivity contribution in [3.8, 4) is 17.0 Å². The van der Waals surface area contributed by atoms with Gasteiger partial charge in [-0.05, 0) is 30.7 Å². The number of aromatic nitrogens is 1. The molecule has 0 bridgehead atoms. The van der Waals surface area contributed by atoms with Gasteiger partial charge < -0.3 is 9.72 Å². The first-order valence-electron chi connectivity index (χ1n) is 6.18.